The fourth-order valence-corrected chi connectivity index (χ4v) is 1.13. The summed E-state index contributed by atoms with van der Waals surface area (Å²) >= 11 is 0. The summed E-state index contributed by atoms with van der Waals surface area (Å²) in [5.74, 6) is 0. The van der Waals surface area contributed by atoms with Crippen molar-refractivity contribution in [3.63, 3.8) is 0 Å². The normalized spacial score (nSPS) is 20.4. The lowest BCUT2D eigenvalue weighted by molar-refractivity contribution is -0.0506. The van der Waals surface area contributed by atoms with E-state index in [-0.39, 0.29) is 12.3 Å². The van der Waals surface area contributed by atoms with Crippen LogP contribution in [0.4, 0.5) is 0 Å². The van der Waals surface area contributed by atoms with Crippen molar-refractivity contribution in [2.24, 2.45) is 5.11 Å². The number of hydrogen-bond donors (Lipinski definition) is 0. The Morgan fingerprint density at radius 3 is 2.75 bits per heavy atom. The van der Waals surface area contributed by atoms with Crippen molar-refractivity contribution >= 4 is 0 Å². The van der Waals surface area contributed by atoms with Crippen LogP contribution in [-0.4, -0.2) is 25.5 Å². The van der Waals surface area contributed by atoms with Gasteiger partial charge in [0.05, 0.1) is 13.2 Å². The second-order valence-corrected chi connectivity index (χ2v) is 2.67. The van der Waals surface area contributed by atoms with E-state index < -0.39 is 0 Å². The molecule has 1 rings (SSSR count). The number of azide groups is 1. The van der Waals surface area contributed by atoms with E-state index in [2.05, 4.69) is 10.0 Å². The van der Waals surface area contributed by atoms with Crippen molar-refractivity contribution in [2.45, 2.75) is 32.1 Å². The summed E-state index contributed by atoms with van der Waals surface area (Å²) in [5, 5.41) is 3.63. The molecule has 1 saturated heterocycles. The minimum absolute atomic E-state index is 0.00176. The predicted octanol–water partition coefficient (Wildman–Crippen LogP) is 1.84. The highest BCUT2D eigenvalue weighted by Crippen LogP contribution is 2.14. The van der Waals surface area contributed by atoms with Crippen LogP contribution >= 0.6 is 0 Å². The Hall–Kier alpha value is -0.770. The first-order valence-corrected chi connectivity index (χ1v) is 4.14. The molecular weight excluding hydrogens is 158 g/mol. The Kier molecular flexibility index (Phi) is 3.87. The summed E-state index contributed by atoms with van der Waals surface area (Å²) in [5.41, 5.74) is 8.22. The van der Waals surface area contributed by atoms with Crippen molar-refractivity contribution < 1.29 is 9.47 Å². The molecule has 0 spiro atoms. The highest BCUT2D eigenvalue weighted by Gasteiger charge is 2.19. The van der Waals surface area contributed by atoms with Crippen molar-refractivity contribution in [1.29, 1.82) is 0 Å². The third-order valence-corrected chi connectivity index (χ3v) is 1.84. The molecule has 0 radical (unpaired) electrons. The van der Waals surface area contributed by atoms with Gasteiger partial charge in [-0.2, -0.15) is 0 Å². The fourth-order valence-electron chi connectivity index (χ4n) is 1.13. The van der Waals surface area contributed by atoms with Gasteiger partial charge in [0.25, 0.3) is 0 Å². The van der Waals surface area contributed by atoms with Gasteiger partial charge in [0.1, 0.15) is 0 Å². The van der Waals surface area contributed by atoms with E-state index in [9.17, 15) is 0 Å². The Labute approximate surface area is 71.3 Å². The molecule has 0 N–H and O–H groups in total. The van der Waals surface area contributed by atoms with E-state index >= 15 is 0 Å². The fraction of sp³-hybridized carbons (Fsp3) is 1.00. The standard InChI is InChI=1S/C7H13N3O2/c1-2-6(9-10-8)5-7-11-3-4-12-7/h6-7H,2-5H2,1H3/t6-/m0/s1. The van der Waals surface area contributed by atoms with Crippen molar-refractivity contribution in [3.8, 4) is 0 Å². The maximum absolute atomic E-state index is 8.22. The summed E-state index contributed by atoms with van der Waals surface area (Å²) in [4.78, 5) is 2.76. The van der Waals surface area contributed by atoms with Gasteiger partial charge in [-0.1, -0.05) is 12.0 Å². The first kappa shape index (κ1) is 9.32. The van der Waals surface area contributed by atoms with Crippen LogP contribution in [0.5, 0.6) is 0 Å². The molecule has 12 heavy (non-hydrogen) atoms. The van der Waals surface area contributed by atoms with Crippen LogP contribution in [0.25, 0.3) is 10.4 Å². The third kappa shape index (κ3) is 2.70. The van der Waals surface area contributed by atoms with E-state index in [4.69, 9.17) is 15.0 Å². The SMILES string of the molecule is CC[C@@H](CC1OCCO1)N=[N+]=[N-]. The Morgan fingerprint density at radius 1 is 1.58 bits per heavy atom. The topological polar surface area (TPSA) is 67.2 Å². The minimum Gasteiger partial charge on any atom is -0.350 e. The maximum atomic E-state index is 8.22. The number of rotatable bonds is 4. The van der Waals surface area contributed by atoms with Gasteiger partial charge in [0.2, 0.25) is 0 Å². The maximum Gasteiger partial charge on any atom is 0.158 e. The van der Waals surface area contributed by atoms with Gasteiger partial charge < -0.3 is 9.47 Å². The lowest BCUT2D eigenvalue weighted by Gasteiger charge is -2.12. The summed E-state index contributed by atoms with van der Waals surface area (Å²) in [7, 11) is 0. The number of ether oxygens (including phenoxy) is 2. The molecule has 68 valence electrons. The molecule has 0 aromatic rings. The van der Waals surface area contributed by atoms with E-state index in [0.29, 0.717) is 19.6 Å². The molecule has 5 heteroatoms. The van der Waals surface area contributed by atoms with Gasteiger partial charge in [-0.3, -0.25) is 0 Å². The average Bonchev–Trinajstić information content (AvgIpc) is 2.56. The summed E-state index contributed by atoms with van der Waals surface area (Å²) in [6.45, 7) is 3.28. The van der Waals surface area contributed by atoms with E-state index in [1.807, 2.05) is 6.92 Å². The molecule has 1 atom stereocenters. The average molecular weight is 171 g/mol. The molecule has 0 unspecified atom stereocenters. The van der Waals surface area contributed by atoms with Crippen LogP contribution in [0, 0.1) is 0 Å². The first-order chi connectivity index (χ1) is 5.86. The highest BCUT2D eigenvalue weighted by molar-refractivity contribution is 4.68. The minimum atomic E-state index is -0.166. The first-order valence-electron chi connectivity index (χ1n) is 4.14. The molecule has 1 aliphatic rings. The van der Waals surface area contributed by atoms with Gasteiger partial charge in [0, 0.05) is 17.4 Å². The molecule has 0 saturated carbocycles. The Morgan fingerprint density at radius 2 is 2.25 bits per heavy atom. The van der Waals surface area contributed by atoms with Crippen LogP contribution in [-0.2, 0) is 9.47 Å². The zero-order valence-corrected chi connectivity index (χ0v) is 7.14. The molecule has 0 amide bonds. The molecule has 1 fully saturated rings. The molecule has 1 aliphatic heterocycles. The van der Waals surface area contributed by atoms with Gasteiger partial charge in [0.15, 0.2) is 6.29 Å². The molecule has 0 aromatic carbocycles. The van der Waals surface area contributed by atoms with E-state index in [1.54, 1.807) is 0 Å². The van der Waals surface area contributed by atoms with Crippen LogP contribution in [0.2, 0.25) is 0 Å². The van der Waals surface area contributed by atoms with Crippen molar-refractivity contribution in [1.82, 2.24) is 0 Å². The second-order valence-electron chi connectivity index (χ2n) is 2.67. The van der Waals surface area contributed by atoms with Gasteiger partial charge >= 0.3 is 0 Å². The van der Waals surface area contributed by atoms with Crippen molar-refractivity contribution in [3.05, 3.63) is 10.4 Å². The van der Waals surface area contributed by atoms with E-state index in [0.717, 1.165) is 6.42 Å². The van der Waals surface area contributed by atoms with Gasteiger partial charge in [-0.15, -0.1) is 0 Å². The molecule has 5 nitrogen and oxygen atoms in total. The number of hydrogen-bond acceptors (Lipinski definition) is 3. The Balaban J connectivity index is 2.30. The highest BCUT2D eigenvalue weighted by atomic mass is 16.7. The van der Waals surface area contributed by atoms with Gasteiger partial charge in [-0.25, -0.2) is 0 Å². The lowest BCUT2D eigenvalue weighted by atomic mass is 10.2. The van der Waals surface area contributed by atoms with Gasteiger partial charge in [-0.05, 0) is 12.0 Å². The van der Waals surface area contributed by atoms with Crippen LogP contribution < -0.4 is 0 Å². The molecular formula is C7H13N3O2. The molecule has 0 aliphatic carbocycles. The largest absolute Gasteiger partial charge is 0.350 e. The van der Waals surface area contributed by atoms with Crippen molar-refractivity contribution in [2.75, 3.05) is 13.2 Å². The lowest BCUT2D eigenvalue weighted by Crippen LogP contribution is -2.15. The second kappa shape index (κ2) is 4.98. The molecule has 0 bridgehead atoms. The molecule has 0 aromatic heterocycles. The molecule has 1 heterocycles. The Bertz CT molecular complexity index is 173. The predicted molar refractivity (Wildman–Crippen MR) is 43.5 cm³/mol. The number of nitrogens with zero attached hydrogens (tertiary/aromatic N) is 3. The quantitative estimate of drug-likeness (QED) is 0.368. The van der Waals surface area contributed by atoms with Crippen LogP contribution in [0.3, 0.4) is 0 Å². The third-order valence-electron chi connectivity index (χ3n) is 1.84. The zero-order chi connectivity index (χ0) is 8.81. The summed E-state index contributed by atoms with van der Waals surface area (Å²) in [6, 6.07) is -0.00176. The summed E-state index contributed by atoms with van der Waals surface area (Å²) < 4.78 is 10.5. The monoisotopic (exact) mass is 171 g/mol. The van der Waals surface area contributed by atoms with Crippen LogP contribution in [0.1, 0.15) is 19.8 Å². The van der Waals surface area contributed by atoms with E-state index in [1.165, 1.54) is 0 Å². The smallest absolute Gasteiger partial charge is 0.158 e. The zero-order valence-electron chi connectivity index (χ0n) is 7.14. The van der Waals surface area contributed by atoms with Crippen LogP contribution in [0.15, 0.2) is 5.11 Å². The summed E-state index contributed by atoms with van der Waals surface area (Å²) in [6.07, 6.45) is 1.33.